The van der Waals surface area contributed by atoms with Gasteiger partial charge in [0.15, 0.2) is 5.03 Å². The van der Waals surface area contributed by atoms with Crippen molar-refractivity contribution in [3.05, 3.63) is 18.2 Å². The predicted octanol–water partition coefficient (Wildman–Crippen LogP) is 3.36. The summed E-state index contributed by atoms with van der Waals surface area (Å²) in [6, 6.07) is 5.56. The molecule has 0 amide bonds. The minimum absolute atomic E-state index is 0.0431. The van der Waals surface area contributed by atoms with Crippen LogP contribution in [0.25, 0.3) is 11.0 Å². The zero-order chi connectivity index (χ0) is 13.1. The Morgan fingerprint density at radius 2 is 2.00 bits per heavy atom. The Morgan fingerprint density at radius 1 is 1.22 bits per heavy atom. The van der Waals surface area contributed by atoms with Crippen LogP contribution >= 0.6 is 22.5 Å². The maximum Gasteiger partial charge on any atom is 0.248 e. The summed E-state index contributed by atoms with van der Waals surface area (Å²) in [5.41, 5.74) is 1.54. The molecule has 0 saturated carbocycles. The molecule has 0 fully saturated rings. The number of ether oxygens (including phenoxy) is 2. The van der Waals surface area contributed by atoms with Crippen molar-refractivity contribution in [2.24, 2.45) is 0 Å². The highest BCUT2D eigenvalue weighted by Gasteiger charge is 2.11. The first-order valence-electron chi connectivity index (χ1n) is 5.48. The molecule has 0 atom stereocenters. The molecule has 0 aliphatic heterocycles. The normalized spacial score (nSPS) is 10.9. The molecule has 0 bridgehead atoms. The molecule has 1 heterocycles. The highest BCUT2D eigenvalue weighted by molar-refractivity contribution is 8.68. The fourth-order valence-electron chi connectivity index (χ4n) is 1.49. The summed E-state index contributed by atoms with van der Waals surface area (Å²) in [6.45, 7) is 3.90. The van der Waals surface area contributed by atoms with Gasteiger partial charge in [-0.05, 0) is 36.8 Å². The first-order chi connectivity index (χ1) is 8.63. The summed E-state index contributed by atoms with van der Waals surface area (Å²) in [6.07, 6.45) is 0.0431. The van der Waals surface area contributed by atoms with Crippen molar-refractivity contribution in [3.63, 3.8) is 0 Å². The molecule has 96 valence electrons. The van der Waals surface area contributed by atoms with E-state index >= 15 is 0 Å². The Morgan fingerprint density at radius 3 is 2.61 bits per heavy atom. The van der Waals surface area contributed by atoms with E-state index < -0.39 is 0 Å². The van der Waals surface area contributed by atoms with Gasteiger partial charge in [0.2, 0.25) is 5.88 Å². The summed E-state index contributed by atoms with van der Waals surface area (Å²) >= 11 is 4.18. The molecule has 0 unspecified atom stereocenters. The van der Waals surface area contributed by atoms with E-state index in [0.717, 1.165) is 16.8 Å². The van der Waals surface area contributed by atoms with E-state index in [1.54, 1.807) is 7.11 Å². The molecule has 1 aromatic carbocycles. The van der Waals surface area contributed by atoms with E-state index in [1.165, 1.54) is 10.8 Å². The van der Waals surface area contributed by atoms with Gasteiger partial charge in [0.25, 0.3) is 0 Å². The van der Waals surface area contributed by atoms with Gasteiger partial charge in [-0.3, -0.25) is 0 Å². The third kappa shape index (κ3) is 2.81. The number of hydrogen-bond acceptors (Lipinski definition) is 6. The van der Waals surface area contributed by atoms with E-state index in [-0.39, 0.29) is 6.10 Å². The van der Waals surface area contributed by atoms with Gasteiger partial charge in [-0.25, -0.2) is 9.97 Å². The van der Waals surface area contributed by atoms with E-state index in [4.69, 9.17) is 9.47 Å². The molecular weight excluding hydrogens is 268 g/mol. The summed E-state index contributed by atoms with van der Waals surface area (Å²) in [7, 11) is 2.85. The molecule has 1 aromatic heterocycles. The third-order valence-corrected chi connectivity index (χ3v) is 3.20. The van der Waals surface area contributed by atoms with Gasteiger partial charge in [0.1, 0.15) is 5.75 Å². The minimum atomic E-state index is 0.0431. The quantitative estimate of drug-likeness (QED) is 0.688. The lowest BCUT2D eigenvalue weighted by atomic mass is 10.3. The first-order valence-corrected chi connectivity index (χ1v) is 7.34. The van der Waals surface area contributed by atoms with Crippen molar-refractivity contribution in [1.82, 2.24) is 9.97 Å². The van der Waals surface area contributed by atoms with Gasteiger partial charge < -0.3 is 9.47 Å². The van der Waals surface area contributed by atoms with Gasteiger partial charge in [-0.2, -0.15) is 0 Å². The van der Waals surface area contributed by atoms with Crippen molar-refractivity contribution in [2.75, 3.05) is 7.11 Å². The lowest BCUT2D eigenvalue weighted by Crippen LogP contribution is -2.08. The van der Waals surface area contributed by atoms with Crippen molar-refractivity contribution in [3.8, 4) is 11.6 Å². The first kappa shape index (κ1) is 13.3. The second-order valence-electron chi connectivity index (χ2n) is 3.95. The van der Waals surface area contributed by atoms with Crippen LogP contribution in [0.2, 0.25) is 0 Å². The summed E-state index contributed by atoms with van der Waals surface area (Å²) in [5, 5.41) is 0.671. The van der Waals surface area contributed by atoms with Gasteiger partial charge >= 0.3 is 0 Å². The number of thiol groups is 1. The van der Waals surface area contributed by atoms with Crippen LogP contribution in [-0.2, 0) is 0 Å². The van der Waals surface area contributed by atoms with Gasteiger partial charge in [0, 0.05) is 6.07 Å². The van der Waals surface area contributed by atoms with Crippen LogP contribution in [0.5, 0.6) is 11.6 Å². The molecule has 0 radical (unpaired) electrons. The maximum absolute atomic E-state index is 5.63. The number of rotatable bonds is 4. The van der Waals surface area contributed by atoms with Crippen LogP contribution in [0, 0.1) is 0 Å². The molecule has 0 N–H and O–H groups in total. The van der Waals surface area contributed by atoms with E-state index in [9.17, 15) is 0 Å². The van der Waals surface area contributed by atoms with Crippen molar-refractivity contribution in [2.45, 2.75) is 25.0 Å². The minimum Gasteiger partial charge on any atom is -0.497 e. The Bertz CT molecular complexity index is 561. The van der Waals surface area contributed by atoms with Gasteiger partial charge in [-0.15, -0.1) is 11.7 Å². The lowest BCUT2D eigenvalue weighted by molar-refractivity contribution is 0.225. The van der Waals surface area contributed by atoms with Crippen LogP contribution in [0.1, 0.15) is 13.8 Å². The van der Waals surface area contributed by atoms with E-state index in [2.05, 4.69) is 21.6 Å². The van der Waals surface area contributed by atoms with Crippen molar-refractivity contribution < 1.29 is 9.47 Å². The maximum atomic E-state index is 5.63. The zero-order valence-corrected chi connectivity index (χ0v) is 12.1. The Kier molecular flexibility index (Phi) is 4.19. The molecule has 6 heteroatoms. The number of fused-ring (bicyclic) bond motifs is 1. The smallest absolute Gasteiger partial charge is 0.248 e. The number of aromatic nitrogens is 2. The summed E-state index contributed by atoms with van der Waals surface area (Å²) < 4.78 is 10.8. The SMILES string of the molecule is COc1ccc2nc(SS)c(OC(C)C)nc2c1. The van der Waals surface area contributed by atoms with E-state index in [0.29, 0.717) is 10.9 Å². The second-order valence-corrected chi connectivity index (χ2v) is 5.06. The molecule has 4 nitrogen and oxygen atoms in total. The molecule has 2 aromatic rings. The van der Waals surface area contributed by atoms with Crippen LogP contribution in [0.3, 0.4) is 0 Å². The Labute approximate surface area is 115 Å². The fourth-order valence-corrected chi connectivity index (χ4v) is 2.16. The van der Waals surface area contributed by atoms with Crippen LogP contribution in [0.15, 0.2) is 23.2 Å². The topological polar surface area (TPSA) is 44.2 Å². The molecule has 18 heavy (non-hydrogen) atoms. The van der Waals surface area contributed by atoms with E-state index in [1.807, 2.05) is 32.0 Å². The Balaban J connectivity index is 2.54. The van der Waals surface area contributed by atoms with Crippen LogP contribution < -0.4 is 9.47 Å². The average Bonchev–Trinajstić information content (AvgIpc) is 2.36. The van der Waals surface area contributed by atoms with Crippen molar-refractivity contribution >= 4 is 33.5 Å². The highest BCUT2D eigenvalue weighted by Crippen LogP contribution is 2.31. The number of methoxy groups -OCH3 is 1. The second kappa shape index (κ2) is 5.67. The van der Waals surface area contributed by atoms with Crippen LogP contribution in [-0.4, -0.2) is 23.2 Å². The van der Waals surface area contributed by atoms with Crippen molar-refractivity contribution in [1.29, 1.82) is 0 Å². The molecule has 2 rings (SSSR count). The lowest BCUT2D eigenvalue weighted by Gasteiger charge is -2.12. The zero-order valence-electron chi connectivity index (χ0n) is 10.4. The largest absolute Gasteiger partial charge is 0.497 e. The summed E-state index contributed by atoms with van der Waals surface area (Å²) in [5.74, 6) is 1.25. The number of nitrogens with zero attached hydrogens (tertiary/aromatic N) is 2. The molecule has 0 spiro atoms. The third-order valence-electron chi connectivity index (χ3n) is 2.24. The number of benzene rings is 1. The molecule has 0 aliphatic carbocycles. The van der Waals surface area contributed by atoms with Crippen LogP contribution in [0.4, 0.5) is 0 Å². The van der Waals surface area contributed by atoms with Gasteiger partial charge in [0.05, 0.1) is 24.2 Å². The fraction of sp³-hybridized carbons (Fsp3) is 0.333. The molecular formula is C12H14N2O2S2. The Hall–Kier alpha value is -1.14. The monoisotopic (exact) mass is 282 g/mol. The molecule has 0 aliphatic rings. The average molecular weight is 282 g/mol. The molecule has 0 saturated heterocycles. The highest BCUT2D eigenvalue weighted by atomic mass is 33.1. The predicted molar refractivity (Wildman–Crippen MR) is 76.7 cm³/mol. The number of hydrogen-bond donors (Lipinski definition) is 1. The van der Waals surface area contributed by atoms with Gasteiger partial charge in [-0.1, -0.05) is 0 Å². The standard InChI is InChI=1S/C12H14N2O2S2/c1-7(2)16-11-12(18-17)14-9-5-4-8(15-3)6-10(9)13-11/h4-7,17H,1-3H3. The summed E-state index contributed by atoms with van der Waals surface area (Å²) in [4.78, 5) is 8.93.